The molecule has 4 bridgehead atoms. The second-order valence-corrected chi connectivity index (χ2v) is 11.0. The molecule has 8 nitrogen and oxygen atoms in total. The molecular weight excluding hydrogens is 556 g/mol. The van der Waals surface area contributed by atoms with E-state index in [1.165, 1.54) is 0 Å². The fraction of sp³-hybridized carbons (Fsp3) is 0.278. The monoisotopic (exact) mass is 590 g/mol. The van der Waals surface area contributed by atoms with E-state index >= 15 is 0 Å². The van der Waals surface area contributed by atoms with Gasteiger partial charge in [0.25, 0.3) is 0 Å². The van der Waals surface area contributed by atoms with Crippen LogP contribution in [0, 0.1) is 0 Å². The molecule has 4 aromatic rings. The largest absolute Gasteiger partial charge is 0.497 e. The average molecular weight is 591 g/mol. The van der Waals surface area contributed by atoms with E-state index in [4.69, 9.17) is 38.4 Å². The van der Waals surface area contributed by atoms with E-state index < -0.39 is 0 Å². The molecule has 4 heterocycles. The van der Waals surface area contributed by atoms with Crippen molar-refractivity contribution in [2.24, 2.45) is 9.98 Å². The van der Waals surface area contributed by atoms with Crippen LogP contribution in [0.4, 0.5) is 0 Å². The number of fused-ring (bicyclic) bond motifs is 2. The Labute approximate surface area is 256 Å². The first-order valence-electron chi connectivity index (χ1n) is 14.8. The van der Waals surface area contributed by atoms with E-state index in [0.717, 1.165) is 69.1 Å². The van der Waals surface area contributed by atoms with Crippen molar-refractivity contribution in [2.75, 3.05) is 41.5 Å². The van der Waals surface area contributed by atoms with E-state index in [1.807, 2.05) is 42.5 Å². The molecule has 0 spiro atoms. The molecule has 0 aromatic heterocycles. The van der Waals surface area contributed by atoms with E-state index in [2.05, 4.69) is 18.2 Å². The molecule has 8 heteroatoms. The molecule has 0 saturated heterocycles. The standard InChI is InChI=1S/C36H34N2O6/c1-39-26-18-23-11-13-37-27-16-22-7-10-29(40-2)30(17-22)43-25-8-5-21(6-9-25)15-28-34-24(12-14-38-28)19-32(41-3)35(42-4)36(34)44-31(20-26)33(23)27/h5-10,17-20H,11-16H2,1-4H3. The molecule has 0 atom stereocenters. The van der Waals surface area contributed by atoms with Crippen LogP contribution in [0.15, 0.2) is 70.6 Å². The van der Waals surface area contributed by atoms with Gasteiger partial charge in [0, 0.05) is 43.1 Å². The number of ether oxygens (including phenoxy) is 6. The van der Waals surface area contributed by atoms with Gasteiger partial charge in [-0.2, -0.15) is 0 Å². The van der Waals surface area contributed by atoms with Gasteiger partial charge in [-0.05, 0) is 71.5 Å². The normalized spacial score (nSPS) is 14.9. The highest BCUT2D eigenvalue weighted by molar-refractivity contribution is 6.08. The number of aliphatic imine (C=N–C) groups is 2. The quantitative estimate of drug-likeness (QED) is 0.260. The fourth-order valence-electron chi connectivity index (χ4n) is 6.27. The van der Waals surface area contributed by atoms with Crippen LogP contribution in [0.5, 0.6) is 46.0 Å². The van der Waals surface area contributed by atoms with Crippen molar-refractivity contribution in [2.45, 2.75) is 25.7 Å². The molecule has 4 aliphatic rings. The Balaban J connectivity index is 1.48. The van der Waals surface area contributed by atoms with Crippen LogP contribution in [-0.2, 0) is 25.7 Å². The summed E-state index contributed by atoms with van der Waals surface area (Å²) in [6.07, 6.45) is 2.73. The lowest BCUT2D eigenvalue weighted by atomic mass is 9.91. The fourth-order valence-corrected chi connectivity index (χ4v) is 6.27. The lowest BCUT2D eigenvalue weighted by Crippen LogP contribution is -2.19. The zero-order valence-corrected chi connectivity index (χ0v) is 25.4. The first-order valence-corrected chi connectivity index (χ1v) is 14.8. The Morgan fingerprint density at radius 1 is 0.591 bits per heavy atom. The van der Waals surface area contributed by atoms with Crippen molar-refractivity contribution in [3.05, 3.63) is 94.0 Å². The van der Waals surface area contributed by atoms with Gasteiger partial charge in [0.1, 0.15) is 17.2 Å². The van der Waals surface area contributed by atoms with Crippen molar-refractivity contribution in [3.8, 4) is 46.0 Å². The van der Waals surface area contributed by atoms with Gasteiger partial charge in [-0.1, -0.05) is 18.2 Å². The molecule has 4 aromatic carbocycles. The second-order valence-electron chi connectivity index (χ2n) is 11.0. The Morgan fingerprint density at radius 2 is 1.27 bits per heavy atom. The van der Waals surface area contributed by atoms with Gasteiger partial charge in [0.2, 0.25) is 5.75 Å². The summed E-state index contributed by atoms with van der Waals surface area (Å²) >= 11 is 0. The summed E-state index contributed by atoms with van der Waals surface area (Å²) in [6.45, 7) is 1.36. The molecule has 0 radical (unpaired) electrons. The predicted octanol–water partition coefficient (Wildman–Crippen LogP) is 6.79. The van der Waals surface area contributed by atoms with Gasteiger partial charge in [-0.15, -0.1) is 0 Å². The van der Waals surface area contributed by atoms with Gasteiger partial charge in [0.15, 0.2) is 23.0 Å². The molecular formula is C36H34N2O6. The lowest BCUT2D eigenvalue weighted by Gasteiger charge is -2.26. The highest BCUT2D eigenvalue weighted by Crippen LogP contribution is 2.48. The molecule has 4 aliphatic heterocycles. The SMILES string of the molecule is COc1cc2c3c(c1)Oc1c(OC)c(OC)cc4c1C(=NCC4)Cc1ccc(cc1)Oc1cc(ccc1OC)CC3=NCC2. The molecule has 224 valence electrons. The third kappa shape index (κ3) is 5.00. The Morgan fingerprint density at radius 3 is 1.98 bits per heavy atom. The first-order chi connectivity index (χ1) is 21.6. The minimum atomic E-state index is 0.521. The number of rotatable bonds is 4. The van der Waals surface area contributed by atoms with Crippen molar-refractivity contribution in [1.82, 2.24) is 0 Å². The lowest BCUT2D eigenvalue weighted by molar-refractivity contribution is 0.334. The van der Waals surface area contributed by atoms with Gasteiger partial charge in [-0.25, -0.2) is 0 Å². The number of methoxy groups -OCH3 is 4. The van der Waals surface area contributed by atoms with Gasteiger partial charge in [0.05, 0.1) is 39.9 Å². The van der Waals surface area contributed by atoms with Crippen molar-refractivity contribution in [1.29, 1.82) is 0 Å². The number of hydrogen-bond donors (Lipinski definition) is 0. The van der Waals surface area contributed by atoms with E-state index in [1.54, 1.807) is 28.4 Å². The van der Waals surface area contributed by atoms with E-state index in [9.17, 15) is 0 Å². The summed E-state index contributed by atoms with van der Waals surface area (Å²) in [4.78, 5) is 10.0. The van der Waals surface area contributed by atoms with E-state index in [0.29, 0.717) is 60.4 Å². The molecule has 44 heavy (non-hydrogen) atoms. The van der Waals surface area contributed by atoms with Crippen molar-refractivity contribution < 1.29 is 28.4 Å². The van der Waals surface area contributed by atoms with Crippen molar-refractivity contribution >= 4 is 11.4 Å². The number of nitrogens with zero attached hydrogens (tertiary/aromatic N) is 2. The van der Waals surface area contributed by atoms with Crippen LogP contribution in [0.2, 0.25) is 0 Å². The number of benzene rings is 4. The third-order valence-electron chi connectivity index (χ3n) is 8.38. The summed E-state index contributed by atoms with van der Waals surface area (Å²) in [5, 5.41) is 0. The molecule has 0 fully saturated rings. The predicted molar refractivity (Wildman–Crippen MR) is 170 cm³/mol. The van der Waals surface area contributed by atoms with Crippen LogP contribution in [0.1, 0.15) is 33.4 Å². The molecule has 0 unspecified atom stereocenters. The number of hydrogen-bond acceptors (Lipinski definition) is 8. The Kier molecular flexibility index (Phi) is 7.34. The molecule has 8 rings (SSSR count). The maximum atomic E-state index is 7.00. The maximum absolute atomic E-state index is 7.00. The summed E-state index contributed by atoms with van der Waals surface area (Å²) in [6, 6.07) is 20.2. The molecule has 0 amide bonds. The minimum Gasteiger partial charge on any atom is -0.497 e. The smallest absolute Gasteiger partial charge is 0.204 e. The average Bonchev–Trinajstić information content (AvgIpc) is 3.05. The molecule has 0 aliphatic carbocycles. The van der Waals surface area contributed by atoms with Crippen LogP contribution >= 0.6 is 0 Å². The second kappa shape index (κ2) is 11.6. The summed E-state index contributed by atoms with van der Waals surface area (Å²) in [5.74, 6) is 5.12. The Bertz CT molecular complexity index is 1810. The summed E-state index contributed by atoms with van der Waals surface area (Å²) in [7, 11) is 6.62. The van der Waals surface area contributed by atoms with Gasteiger partial charge >= 0.3 is 0 Å². The first kappa shape index (κ1) is 27.8. The van der Waals surface area contributed by atoms with Crippen LogP contribution in [0.25, 0.3) is 0 Å². The zero-order chi connectivity index (χ0) is 30.2. The summed E-state index contributed by atoms with van der Waals surface area (Å²) < 4.78 is 36.5. The highest BCUT2D eigenvalue weighted by Gasteiger charge is 2.30. The summed E-state index contributed by atoms with van der Waals surface area (Å²) in [5.41, 5.74) is 8.12. The maximum Gasteiger partial charge on any atom is 0.204 e. The van der Waals surface area contributed by atoms with Gasteiger partial charge < -0.3 is 28.4 Å². The van der Waals surface area contributed by atoms with Crippen molar-refractivity contribution in [3.63, 3.8) is 0 Å². The molecule has 0 saturated carbocycles. The zero-order valence-electron chi connectivity index (χ0n) is 25.4. The van der Waals surface area contributed by atoms with Gasteiger partial charge in [-0.3, -0.25) is 9.98 Å². The highest BCUT2D eigenvalue weighted by atomic mass is 16.5. The van der Waals surface area contributed by atoms with Crippen LogP contribution in [-0.4, -0.2) is 53.0 Å². The van der Waals surface area contributed by atoms with Crippen LogP contribution in [0.3, 0.4) is 0 Å². The van der Waals surface area contributed by atoms with E-state index in [-0.39, 0.29) is 0 Å². The topological polar surface area (TPSA) is 80.1 Å². The Hall–Kier alpha value is -4.98. The minimum absolute atomic E-state index is 0.521. The molecule has 0 N–H and O–H groups in total. The van der Waals surface area contributed by atoms with Crippen LogP contribution < -0.4 is 28.4 Å². The third-order valence-corrected chi connectivity index (χ3v) is 8.38.